The van der Waals surface area contributed by atoms with Gasteiger partial charge < -0.3 is 9.80 Å². The lowest BCUT2D eigenvalue weighted by molar-refractivity contribution is 0.578. The molecular formula is C50H44N2. The van der Waals surface area contributed by atoms with Crippen LogP contribution in [0.25, 0.3) is 76.5 Å². The molecule has 0 atom stereocenters. The molecule has 2 aliphatic heterocycles. The van der Waals surface area contributed by atoms with E-state index in [-0.39, 0.29) is 0 Å². The maximum absolute atomic E-state index is 2.62. The zero-order chi connectivity index (χ0) is 34.4. The normalized spacial score (nSPS) is 15.2. The molecule has 0 radical (unpaired) electrons. The van der Waals surface area contributed by atoms with E-state index in [1.165, 1.54) is 126 Å². The maximum atomic E-state index is 2.62. The molecule has 0 bridgehead atoms. The highest BCUT2D eigenvalue weighted by Gasteiger charge is 2.23. The molecule has 2 saturated heterocycles. The molecule has 2 heteroatoms. The zero-order valence-electron chi connectivity index (χ0n) is 29.8. The summed E-state index contributed by atoms with van der Waals surface area (Å²) < 4.78 is 0. The second kappa shape index (κ2) is 13.2. The van der Waals surface area contributed by atoms with E-state index in [4.69, 9.17) is 0 Å². The second-order valence-electron chi connectivity index (χ2n) is 14.9. The molecule has 10 rings (SSSR count). The topological polar surface area (TPSA) is 6.48 Å². The molecular weight excluding hydrogens is 629 g/mol. The van der Waals surface area contributed by atoms with E-state index in [1.54, 1.807) is 0 Å². The Morgan fingerprint density at radius 2 is 0.712 bits per heavy atom. The highest BCUT2D eigenvalue weighted by molar-refractivity contribution is 6.25. The Bertz CT molecular complexity index is 2590. The van der Waals surface area contributed by atoms with Gasteiger partial charge in [0, 0.05) is 37.6 Å². The SMILES string of the molecule is c1ccc(-c2c3cc(N4CCCCC4)ccc3c(-c3cccc4ccccc34)c3cc(N4CCCCC4)ccc23)c(-c2cccc3ccccc23)c1. The third kappa shape index (κ3) is 5.32. The van der Waals surface area contributed by atoms with Gasteiger partial charge in [-0.3, -0.25) is 0 Å². The number of hydrogen-bond acceptors (Lipinski definition) is 2. The Morgan fingerprint density at radius 1 is 0.288 bits per heavy atom. The lowest BCUT2D eigenvalue weighted by Crippen LogP contribution is -2.29. The van der Waals surface area contributed by atoms with Crippen molar-refractivity contribution in [2.24, 2.45) is 0 Å². The van der Waals surface area contributed by atoms with Crippen LogP contribution in [0.2, 0.25) is 0 Å². The van der Waals surface area contributed by atoms with Gasteiger partial charge in [0.15, 0.2) is 0 Å². The second-order valence-corrected chi connectivity index (χ2v) is 14.9. The number of anilines is 2. The first-order valence-corrected chi connectivity index (χ1v) is 19.4. The van der Waals surface area contributed by atoms with E-state index < -0.39 is 0 Å². The van der Waals surface area contributed by atoms with Gasteiger partial charge in [0.05, 0.1) is 0 Å². The van der Waals surface area contributed by atoms with E-state index in [1.807, 2.05) is 0 Å². The minimum atomic E-state index is 1.12. The van der Waals surface area contributed by atoms with Crippen LogP contribution < -0.4 is 9.80 Å². The molecule has 2 heterocycles. The summed E-state index contributed by atoms with van der Waals surface area (Å²) in [6.45, 7) is 4.49. The van der Waals surface area contributed by atoms with Crippen LogP contribution in [-0.4, -0.2) is 26.2 Å². The Labute approximate surface area is 306 Å². The number of nitrogens with zero attached hydrogens (tertiary/aromatic N) is 2. The van der Waals surface area contributed by atoms with Crippen molar-refractivity contribution in [1.82, 2.24) is 0 Å². The monoisotopic (exact) mass is 672 g/mol. The van der Waals surface area contributed by atoms with E-state index in [0.717, 1.165) is 26.2 Å². The van der Waals surface area contributed by atoms with E-state index in [0.29, 0.717) is 0 Å². The molecule has 0 aromatic heterocycles. The fraction of sp³-hybridized carbons (Fsp3) is 0.200. The van der Waals surface area contributed by atoms with Crippen molar-refractivity contribution >= 4 is 54.5 Å². The van der Waals surface area contributed by atoms with Crippen LogP contribution in [-0.2, 0) is 0 Å². The summed E-state index contributed by atoms with van der Waals surface area (Å²) in [5.41, 5.74) is 10.5. The molecule has 0 spiro atoms. The van der Waals surface area contributed by atoms with Crippen molar-refractivity contribution in [3.8, 4) is 33.4 Å². The fourth-order valence-corrected chi connectivity index (χ4v) is 9.32. The van der Waals surface area contributed by atoms with Crippen LogP contribution in [0.1, 0.15) is 38.5 Å². The Hall–Kier alpha value is -5.60. The number of fused-ring (bicyclic) bond motifs is 4. The number of hydrogen-bond donors (Lipinski definition) is 0. The molecule has 8 aromatic rings. The van der Waals surface area contributed by atoms with E-state index >= 15 is 0 Å². The zero-order valence-corrected chi connectivity index (χ0v) is 29.8. The average Bonchev–Trinajstić information content (AvgIpc) is 3.23. The maximum Gasteiger partial charge on any atom is 0.0372 e. The predicted octanol–water partition coefficient (Wildman–Crippen LogP) is 13.3. The average molecular weight is 673 g/mol. The first-order chi connectivity index (χ1) is 25.8. The van der Waals surface area contributed by atoms with Gasteiger partial charge in [-0.1, -0.05) is 121 Å². The summed E-state index contributed by atoms with van der Waals surface area (Å²) in [5.74, 6) is 0. The molecule has 52 heavy (non-hydrogen) atoms. The first kappa shape index (κ1) is 31.2. The van der Waals surface area contributed by atoms with Crippen molar-refractivity contribution in [3.05, 3.63) is 146 Å². The van der Waals surface area contributed by atoms with Gasteiger partial charge in [-0.05, 0) is 139 Å². The first-order valence-electron chi connectivity index (χ1n) is 19.4. The van der Waals surface area contributed by atoms with Crippen LogP contribution in [0.15, 0.2) is 146 Å². The third-order valence-corrected chi connectivity index (χ3v) is 11.9. The Balaban J connectivity index is 1.34. The molecule has 0 unspecified atom stereocenters. The largest absolute Gasteiger partial charge is 0.372 e. The standard InChI is InChI=1S/C50H44N2/c1-9-29-51(30-10-1)37-26-28-46-47(33-37)49(43-24-14-18-36-16-4-6-20-40(36)43)45-27-25-38(52-31-11-2-12-32-52)34-48(45)50(46)44-22-8-7-21-42(44)41-23-13-17-35-15-3-5-19-39(35)41/h3-8,13-28,33-34H,1-2,9-12,29-32H2. The quantitative estimate of drug-likeness (QED) is 0.168. The molecule has 2 fully saturated rings. The number of benzene rings is 8. The van der Waals surface area contributed by atoms with Gasteiger partial charge in [-0.2, -0.15) is 0 Å². The molecule has 8 aromatic carbocycles. The van der Waals surface area contributed by atoms with Crippen LogP contribution in [0.5, 0.6) is 0 Å². The lowest BCUT2D eigenvalue weighted by Gasteiger charge is -2.31. The van der Waals surface area contributed by atoms with Gasteiger partial charge >= 0.3 is 0 Å². The van der Waals surface area contributed by atoms with Crippen molar-refractivity contribution in [2.75, 3.05) is 36.0 Å². The van der Waals surface area contributed by atoms with Crippen LogP contribution >= 0.6 is 0 Å². The molecule has 0 amide bonds. The molecule has 2 aliphatic rings. The number of piperidine rings is 2. The number of rotatable bonds is 5. The summed E-state index contributed by atoms with van der Waals surface area (Å²) in [6.07, 6.45) is 7.68. The van der Waals surface area contributed by atoms with E-state index in [2.05, 4.69) is 155 Å². The van der Waals surface area contributed by atoms with Crippen LogP contribution in [0, 0.1) is 0 Å². The van der Waals surface area contributed by atoms with Crippen LogP contribution in [0.3, 0.4) is 0 Å². The molecule has 2 nitrogen and oxygen atoms in total. The minimum Gasteiger partial charge on any atom is -0.372 e. The summed E-state index contributed by atoms with van der Waals surface area (Å²) in [6, 6.07) is 55.3. The van der Waals surface area contributed by atoms with Crippen LogP contribution in [0.4, 0.5) is 11.4 Å². The molecule has 254 valence electrons. The molecule has 0 saturated carbocycles. The third-order valence-electron chi connectivity index (χ3n) is 11.9. The van der Waals surface area contributed by atoms with Gasteiger partial charge in [0.25, 0.3) is 0 Å². The summed E-state index contributed by atoms with van der Waals surface area (Å²) in [7, 11) is 0. The summed E-state index contributed by atoms with van der Waals surface area (Å²) in [4.78, 5) is 5.23. The Morgan fingerprint density at radius 3 is 1.29 bits per heavy atom. The molecule has 0 aliphatic carbocycles. The van der Waals surface area contributed by atoms with Crippen molar-refractivity contribution in [1.29, 1.82) is 0 Å². The minimum absolute atomic E-state index is 1.12. The van der Waals surface area contributed by atoms with Gasteiger partial charge in [-0.25, -0.2) is 0 Å². The summed E-state index contributed by atoms with van der Waals surface area (Å²) >= 11 is 0. The highest BCUT2D eigenvalue weighted by Crippen LogP contribution is 2.49. The van der Waals surface area contributed by atoms with Gasteiger partial charge in [-0.15, -0.1) is 0 Å². The smallest absolute Gasteiger partial charge is 0.0372 e. The van der Waals surface area contributed by atoms with Gasteiger partial charge in [0.1, 0.15) is 0 Å². The molecule has 0 N–H and O–H groups in total. The van der Waals surface area contributed by atoms with E-state index in [9.17, 15) is 0 Å². The fourth-order valence-electron chi connectivity index (χ4n) is 9.32. The van der Waals surface area contributed by atoms with Crippen molar-refractivity contribution in [3.63, 3.8) is 0 Å². The highest BCUT2D eigenvalue weighted by atomic mass is 15.1. The van der Waals surface area contributed by atoms with Crippen molar-refractivity contribution in [2.45, 2.75) is 38.5 Å². The summed E-state index contributed by atoms with van der Waals surface area (Å²) in [5, 5.41) is 10.5. The Kier molecular flexibility index (Phi) is 7.90. The van der Waals surface area contributed by atoms with Gasteiger partial charge in [0.2, 0.25) is 0 Å². The predicted molar refractivity (Wildman–Crippen MR) is 225 cm³/mol. The lowest BCUT2D eigenvalue weighted by atomic mass is 9.82. The van der Waals surface area contributed by atoms with Crippen molar-refractivity contribution < 1.29 is 0 Å².